The highest BCUT2D eigenvalue weighted by Crippen LogP contribution is 2.19. The summed E-state index contributed by atoms with van der Waals surface area (Å²) < 4.78 is 0. The molecule has 0 fully saturated rings. The van der Waals surface area contributed by atoms with Crippen molar-refractivity contribution in [3.8, 4) is 0 Å². The molecular weight excluding hydrogens is 320 g/mol. The third-order valence-corrected chi connectivity index (χ3v) is 4.42. The number of hydrogen-bond donors (Lipinski definition) is 1. The first-order chi connectivity index (χ1) is 11.6. The van der Waals surface area contributed by atoms with E-state index in [9.17, 15) is 4.79 Å². The zero-order chi connectivity index (χ0) is 17.4. The molecule has 1 amide bonds. The van der Waals surface area contributed by atoms with Gasteiger partial charge in [0.1, 0.15) is 0 Å². The molecule has 0 aliphatic carbocycles. The van der Waals surface area contributed by atoms with E-state index in [0.717, 1.165) is 18.7 Å². The van der Waals surface area contributed by atoms with Gasteiger partial charge in [0, 0.05) is 11.6 Å². The van der Waals surface area contributed by atoms with Crippen molar-refractivity contribution >= 4 is 17.5 Å². The molecule has 0 saturated carbocycles. The normalized spacial score (nSPS) is 12.2. The van der Waals surface area contributed by atoms with Crippen LogP contribution in [0.15, 0.2) is 54.6 Å². The minimum Gasteiger partial charge on any atom is -0.354 e. The van der Waals surface area contributed by atoms with Gasteiger partial charge in [0.15, 0.2) is 0 Å². The summed E-state index contributed by atoms with van der Waals surface area (Å²) in [5, 5.41) is 3.73. The van der Waals surface area contributed by atoms with E-state index in [1.54, 1.807) is 0 Å². The van der Waals surface area contributed by atoms with Crippen LogP contribution in [0, 0.1) is 0 Å². The lowest BCUT2D eigenvalue weighted by atomic mass is 10.0. The van der Waals surface area contributed by atoms with E-state index >= 15 is 0 Å². The summed E-state index contributed by atoms with van der Waals surface area (Å²) in [6, 6.07) is 18.0. The van der Waals surface area contributed by atoms with E-state index in [-0.39, 0.29) is 11.9 Å². The maximum Gasteiger partial charge on any atom is 0.224 e. The summed E-state index contributed by atoms with van der Waals surface area (Å²) in [6.45, 7) is 6.78. The second-order valence-electron chi connectivity index (χ2n) is 5.76. The molecule has 0 radical (unpaired) electrons. The third kappa shape index (κ3) is 5.36. The van der Waals surface area contributed by atoms with E-state index < -0.39 is 0 Å². The molecule has 1 N–H and O–H groups in total. The van der Waals surface area contributed by atoms with Crippen molar-refractivity contribution in [2.75, 3.05) is 19.6 Å². The number of likely N-dealkylation sites (N-methyl/N-ethyl adjacent to an activating group) is 1. The van der Waals surface area contributed by atoms with Gasteiger partial charge < -0.3 is 5.32 Å². The van der Waals surface area contributed by atoms with Crippen molar-refractivity contribution in [1.29, 1.82) is 0 Å². The van der Waals surface area contributed by atoms with Gasteiger partial charge in [0.2, 0.25) is 5.91 Å². The molecule has 0 bridgehead atoms. The van der Waals surface area contributed by atoms with Gasteiger partial charge >= 0.3 is 0 Å². The minimum atomic E-state index is 0.0188. The first kappa shape index (κ1) is 18.5. The Balaban J connectivity index is 2.00. The Bertz CT molecular complexity index is 641. The predicted molar refractivity (Wildman–Crippen MR) is 100 cm³/mol. The lowest BCUT2D eigenvalue weighted by Gasteiger charge is -2.30. The van der Waals surface area contributed by atoms with Crippen molar-refractivity contribution < 1.29 is 4.79 Å². The summed E-state index contributed by atoms with van der Waals surface area (Å²) in [4.78, 5) is 14.6. The molecule has 2 aromatic rings. The first-order valence-corrected chi connectivity index (χ1v) is 8.82. The monoisotopic (exact) mass is 344 g/mol. The Hall–Kier alpha value is -1.84. The van der Waals surface area contributed by atoms with Crippen molar-refractivity contribution in [1.82, 2.24) is 10.2 Å². The molecule has 2 rings (SSSR count). The maximum atomic E-state index is 12.3. The molecule has 1 unspecified atom stereocenters. The summed E-state index contributed by atoms with van der Waals surface area (Å²) in [5.41, 5.74) is 2.16. The van der Waals surface area contributed by atoms with Crippen molar-refractivity contribution in [2.24, 2.45) is 0 Å². The Labute approximate surface area is 149 Å². The van der Waals surface area contributed by atoms with Crippen LogP contribution in [0.3, 0.4) is 0 Å². The fourth-order valence-corrected chi connectivity index (χ4v) is 3.12. The van der Waals surface area contributed by atoms with Gasteiger partial charge in [-0.15, -0.1) is 0 Å². The molecule has 128 valence electrons. The van der Waals surface area contributed by atoms with Gasteiger partial charge in [0.25, 0.3) is 0 Å². The standard InChI is InChI=1S/C20H25ClN2O/c1-3-23(4-2)19(17-10-6-5-7-11-17)15-22-20(24)14-16-9-8-12-18(21)13-16/h5-13,19H,3-4,14-15H2,1-2H3,(H,22,24). The van der Waals surface area contributed by atoms with Gasteiger partial charge in [-0.25, -0.2) is 0 Å². The Morgan fingerprint density at radius 3 is 2.42 bits per heavy atom. The Morgan fingerprint density at radius 1 is 1.08 bits per heavy atom. The van der Waals surface area contributed by atoms with Crippen LogP contribution in [0.4, 0.5) is 0 Å². The van der Waals surface area contributed by atoms with Gasteiger partial charge in [-0.2, -0.15) is 0 Å². The molecule has 24 heavy (non-hydrogen) atoms. The lowest BCUT2D eigenvalue weighted by molar-refractivity contribution is -0.120. The summed E-state index contributed by atoms with van der Waals surface area (Å²) >= 11 is 5.98. The van der Waals surface area contributed by atoms with Crippen LogP contribution in [0.25, 0.3) is 0 Å². The number of halogens is 1. The summed E-state index contributed by atoms with van der Waals surface area (Å²) in [6.07, 6.45) is 0.348. The fourth-order valence-electron chi connectivity index (χ4n) is 2.90. The van der Waals surface area contributed by atoms with Gasteiger partial charge in [-0.1, -0.05) is 67.9 Å². The summed E-state index contributed by atoms with van der Waals surface area (Å²) in [5.74, 6) is 0.0188. The molecule has 4 heteroatoms. The van der Waals surface area contributed by atoms with Gasteiger partial charge in [-0.3, -0.25) is 9.69 Å². The second-order valence-corrected chi connectivity index (χ2v) is 6.19. The number of nitrogens with one attached hydrogen (secondary N) is 1. The zero-order valence-electron chi connectivity index (χ0n) is 14.3. The molecule has 3 nitrogen and oxygen atoms in total. The molecule has 0 aromatic heterocycles. The molecule has 0 aliphatic rings. The van der Waals surface area contributed by atoms with E-state index in [0.29, 0.717) is 18.0 Å². The number of carbonyl (C=O) groups is 1. The van der Waals surface area contributed by atoms with Crippen LogP contribution in [-0.2, 0) is 11.2 Å². The van der Waals surface area contributed by atoms with Crippen molar-refractivity contribution in [3.05, 3.63) is 70.7 Å². The average molecular weight is 345 g/mol. The fraction of sp³-hybridized carbons (Fsp3) is 0.350. The van der Waals surface area contributed by atoms with E-state index in [1.165, 1.54) is 5.56 Å². The summed E-state index contributed by atoms with van der Waals surface area (Å²) in [7, 11) is 0. The van der Waals surface area contributed by atoms with Crippen LogP contribution >= 0.6 is 11.6 Å². The second kappa shape index (κ2) is 9.45. The van der Waals surface area contributed by atoms with Crippen LogP contribution < -0.4 is 5.32 Å². The quantitative estimate of drug-likeness (QED) is 0.782. The van der Waals surface area contributed by atoms with E-state index in [1.807, 2.05) is 42.5 Å². The highest BCUT2D eigenvalue weighted by Gasteiger charge is 2.18. The largest absolute Gasteiger partial charge is 0.354 e. The molecule has 0 aliphatic heterocycles. The third-order valence-electron chi connectivity index (χ3n) is 4.18. The van der Waals surface area contributed by atoms with E-state index in [2.05, 4.69) is 36.2 Å². The smallest absolute Gasteiger partial charge is 0.224 e. The number of carbonyl (C=O) groups excluding carboxylic acids is 1. The molecule has 0 heterocycles. The predicted octanol–water partition coefficient (Wildman–Crippen LogP) is 4.08. The number of rotatable bonds is 8. The molecule has 0 spiro atoms. The lowest BCUT2D eigenvalue weighted by Crippen LogP contribution is -2.38. The van der Waals surface area contributed by atoms with E-state index in [4.69, 9.17) is 11.6 Å². The SMILES string of the molecule is CCN(CC)C(CNC(=O)Cc1cccc(Cl)c1)c1ccccc1. The number of hydrogen-bond acceptors (Lipinski definition) is 2. The van der Waals surface area contributed by atoms with Crippen molar-refractivity contribution in [2.45, 2.75) is 26.3 Å². The number of amides is 1. The molecule has 2 aromatic carbocycles. The molecule has 1 atom stereocenters. The highest BCUT2D eigenvalue weighted by molar-refractivity contribution is 6.30. The zero-order valence-corrected chi connectivity index (χ0v) is 15.1. The average Bonchev–Trinajstić information content (AvgIpc) is 2.59. The van der Waals surface area contributed by atoms with Crippen LogP contribution in [0.1, 0.15) is 31.0 Å². The topological polar surface area (TPSA) is 32.3 Å². The van der Waals surface area contributed by atoms with Crippen LogP contribution in [0.5, 0.6) is 0 Å². The number of nitrogens with zero attached hydrogens (tertiary/aromatic N) is 1. The van der Waals surface area contributed by atoms with Crippen LogP contribution in [-0.4, -0.2) is 30.4 Å². The Kier molecular flexibility index (Phi) is 7.29. The molecular formula is C20H25ClN2O. The maximum absolute atomic E-state index is 12.3. The highest BCUT2D eigenvalue weighted by atomic mass is 35.5. The Morgan fingerprint density at radius 2 is 1.79 bits per heavy atom. The first-order valence-electron chi connectivity index (χ1n) is 8.44. The number of benzene rings is 2. The van der Waals surface area contributed by atoms with Crippen LogP contribution in [0.2, 0.25) is 5.02 Å². The van der Waals surface area contributed by atoms with Gasteiger partial charge in [-0.05, 0) is 36.3 Å². The van der Waals surface area contributed by atoms with Crippen molar-refractivity contribution in [3.63, 3.8) is 0 Å². The molecule has 0 saturated heterocycles. The van der Waals surface area contributed by atoms with Gasteiger partial charge in [0.05, 0.1) is 12.5 Å². The minimum absolute atomic E-state index is 0.0188.